The van der Waals surface area contributed by atoms with Crippen LogP contribution in [0.4, 0.5) is 0 Å². The summed E-state index contributed by atoms with van der Waals surface area (Å²) in [6.45, 7) is 4.88. The maximum absolute atomic E-state index is 12.4. The Kier molecular flexibility index (Phi) is 12.0. The second kappa shape index (κ2) is 17.2. The van der Waals surface area contributed by atoms with Crippen molar-refractivity contribution in [2.45, 2.75) is 39.7 Å². The average molecular weight is 865 g/mol. The zero-order valence-corrected chi connectivity index (χ0v) is 34.8. The number of hydrogen-bond acceptors (Lipinski definition) is 18. The van der Waals surface area contributed by atoms with Crippen molar-refractivity contribution in [3.63, 3.8) is 0 Å². The summed E-state index contributed by atoms with van der Waals surface area (Å²) in [5.41, 5.74) is -0.466. The molecule has 9 rings (SSSR count). The van der Waals surface area contributed by atoms with E-state index in [-0.39, 0.29) is 24.9 Å². The monoisotopic (exact) mass is 864 g/mol. The minimum Gasteiger partial charge on any atom is -0.424 e. The van der Waals surface area contributed by atoms with E-state index in [2.05, 4.69) is 50.5 Å². The molecule has 320 valence electrons. The Morgan fingerprint density at radius 1 is 0.525 bits per heavy atom. The Morgan fingerprint density at radius 2 is 0.885 bits per heavy atom. The van der Waals surface area contributed by atoms with Crippen LogP contribution in [0.2, 0.25) is 0 Å². The summed E-state index contributed by atoms with van der Waals surface area (Å²) in [7, 11) is 9.78. The molecule has 0 unspecified atom stereocenters. The minimum atomic E-state index is -0.475. The van der Waals surface area contributed by atoms with E-state index in [1.54, 1.807) is 76.8 Å². The Labute approximate surface area is 343 Å². The topological polar surface area (TPSA) is 313 Å². The average Bonchev–Trinajstić information content (AvgIpc) is 4.10. The molecule has 9 aromatic rings. The number of aromatic nitrogens is 18. The smallest absolute Gasteiger partial charge is 0.332 e. The van der Waals surface area contributed by atoms with Crippen LogP contribution in [0.1, 0.15) is 35.3 Å². The predicted octanol–water partition coefficient (Wildman–Crippen LogP) is -1.58. The number of alkyl halides is 1. The highest BCUT2D eigenvalue weighted by molar-refractivity contribution is 6.16. The highest BCUT2D eigenvalue weighted by atomic mass is 35.5. The van der Waals surface area contributed by atoms with Crippen molar-refractivity contribution < 1.29 is 13.3 Å². The van der Waals surface area contributed by atoms with E-state index in [0.717, 1.165) is 9.13 Å². The van der Waals surface area contributed by atoms with Crippen LogP contribution in [0.15, 0.2) is 61.0 Å². The van der Waals surface area contributed by atoms with Crippen LogP contribution in [0.5, 0.6) is 0 Å². The third-order valence-corrected chi connectivity index (χ3v) is 9.01. The van der Waals surface area contributed by atoms with Gasteiger partial charge in [-0.3, -0.25) is 33.1 Å². The number of rotatable bonds is 5. The highest BCUT2D eigenvalue weighted by Crippen LogP contribution is 2.07. The molecule has 0 aliphatic heterocycles. The number of hydrogen-bond donors (Lipinski definition) is 1. The summed E-state index contributed by atoms with van der Waals surface area (Å²) in [6, 6.07) is 0. The number of halogens is 1. The maximum atomic E-state index is 12.4. The molecule has 27 nitrogen and oxygen atoms in total. The Morgan fingerprint density at radius 3 is 1.23 bits per heavy atom. The lowest BCUT2D eigenvalue weighted by Gasteiger charge is -2.06. The molecule has 0 amide bonds. The Balaban J connectivity index is 0.000000143. The largest absolute Gasteiger partial charge is 0.424 e. The molecule has 0 atom stereocenters. The van der Waals surface area contributed by atoms with Gasteiger partial charge in [-0.15, -0.1) is 42.2 Å². The van der Waals surface area contributed by atoms with Gasteiger partial charge in [-0.05, 0) is 0 Å². The van der Waals surface area contributed by atoms with Crippen LogP contribution < -0.4 is 33.7 Å². The summed E-state index contributed by atoms with van der Waals surface area (Å²) < 4.78 is 26.1. The van der Waals surface area contributed by atoms with Gasteiger partial charge in [0.15, 0.2) is 33.5 Å². The molecule has 0 aromatic carbocycles. The zero-order chi connectivity index (χ0) is 44.4. The van der Waals surface area contributed by atoms with Crippen molar-refractivity contribution in [3.05, 3.63) is 117 Å². The van der Waals surface area contributed by atoms with Crippen LogP contribution in [-0.2, 0) is 61.3 Å². The molecule has 0 aliphatic carbocycles. The third-order valence-electron chi connectivity index (χ3n) is 8.78. The molecule has 0 spiro atoms. The van der Waals surface area contributed by atoms with Gasteiger partial charge in [0.25, 0.3) is 16.7 Å². The second-order valence-corrected chi connectivity index (χ2v) is 13.4. The van der Waals surface area contributed by atoms with E-state index in [1.807, 2.05) is 0 Å². The molecule has 0 radical (unpaired) electrons. The van der Waals surface area contributed by atoms with Gasteiger partial charge >= 0.3 is 17.1 Å². The maximum Gasteiger partial charge on any atom is 0.332 e. The van der Waals surface area contributed by atoms with E-state index in [1.165, 1.54) is 32.7 Å². The van der Waals surface area contributed by atoms with Gasteiger partial charge in [-0.2, -0.15) is 0 Å². The third kappa shape index (κ3) is 8.51. The summed E-state index contributed by atoms with van der Waals surface area (Å²) in [4.78, 5) is 85.9. The number of aromatic amines is 1. The normalized spacial score (nSPS) is 11.0. The van der Waals surface area contributed by atoms with Gasteiger partial charge in [0.2, 0.25) is 35.3 Å². The van der Waals surface area contributed by atoms with Crippen LogP contribution in [0, 0.1) is 20.8 Å². The first-order chi connectivity index (χ1) is 28.9. The zero-order valence-electron chi connectivity index (χ0n) is 34.0. The van der Waals surface area contributed by atoms with E-state index in [0.29, 0.717) is 62.9 Å². The molecule has 9 heterocycles. The summed E-state index contributed by atoms with van der Waals surface area (Å²) in [5, 5.41) is 22.1. The molecular formula is C33H37ClN18O9. The molecular weight excluding hydrogens is 828 g/mol. The van der Waals surface area contributed by atoms with E-state index in [4.69, 9.17) is 24.9 Å². The highest BCUT2D eigenvalue weighted by Gasteiger charge is 2.18. The van der Waals surface area contributed by atoms with Crippen molar-refractivity contribution in [1.82, 2.24) is 87.1 Å². The molecule has 0 bridgehead atoms. The lowest BCUT2D eigenvalue weighted by atomic mass is 10.5. The van der Waals surface area contributed by atoms with Crippen LogP contribution >= 0.6 is 11.6 Å². The quantitative estimate of drug-likeness (QED) is 0.191. The number of H-pyrrole nitrogens is 1. The fraction of sp³-hybridized carbons (Fsp3) is 0.364. The molecule has 1 N–H and O–H groups in total. The van der Waals surface area contributed by atoms with Crippen LogP contribution in [0.3, 0.4) is 0 Å². The Bertz CT molecular complexity index is 3260. The van der Waals surface area contributed by atoms with E-state index < -0.39 is 33.7 Å². The molecule has 28 heteroatoms. The second-order valence-electron chi connectivity index (χ2n) is 13.1. The van der Waals surface area contributed by atoms with Gasteiger partial charge in [0.05, 0.1) is 19.0 Å². The molecule has 0 aliphatic rings. The summed E-state index contributed by atoms with van der Waals surface area (Å²) >= 11 is 5.34. The van der Waals surface area contributed by atoms with Gasteiger partial charge in [-0.1, -0.05) is 0 Å². The molecule has 0 saturated carbocycles. The first kappa shape index (κ1) is 42.8. The van der Waals surface area contributed by atoms with Crippen molar-refractivity contribution >= 4 is 45.1 Å². The van der Waals surface area contributed by atoms with Crippen LogP contribution in [0.25, 0.3) is 33.5 Å². The number of fused-ring (bicyclic) bond motifs is 3. The number of nitrogens with one attached hydrogen (secondary N) is 1. The first-order valence-electron chi connectivity index (χ1n) is 17.7. The van der Waals surface area contributed by atoms with Gasteiger partial charge < -0.3 is 27.0 Å². The van der Waals surface area contributed by atoms with Gasteiger partial charge in [0, 0.05) is 63.1 Å². The number of aryl methyl sites for hydroxylation is 9. The van der Waals surface area contributed by atoms with Gasteiger partial charge in [-0.25, -0.2) is 38.5 Å². The minimum absolute atomic E-state index is 0.0620. The molecule has 61 heavy (non-hydrogen) atoms. The lowest BCUT2D eigenvalue weighted by Crippen LogP contribution is -2.39. The lowest BCUT2D eigenvalue weighted by molar-refractivity contribution is 0.444. The van der Waals surface area contributed by atoms with E-state index in [9.17, 15) is 28.8 Å². The van der Waals surface area contributed by atoms with E-state index >= 15 is 0 Å². The van der Waals surface area contributed by atoms with Crippen molar-refractivity contribution in [2.75, 3.05) is 0 Å². The number of imidazole rings is 3. The predicted molar refractivity (Wildman–Crippen MR) is 212 cm³/mol. The van der Waals surface area contributed by atoms with Crippen molar-refractivity contribution in [2.24, 2.45) is 42.3 Å². The number of nitrogens with zero attached hydrogens (tertiary/aromatic N) is 17. The Hall–Kier alpha value is -7.84. The summed E-state index contributed by atoms with van der Waals surface area (Å²) in [5.74, 6) is 2.51. The van der Waals surface area contributed by atoms with Crippen molar-refractivity contribution in [3.8, 4) is 0 Å². The van der Waals surface area contributed by atoms with Gasteiger partial charge in [0.1, 0.15) is 19.0 Å². The summed E-state index contributed by atoms with van der Waals surface area (Å²) in [6.07, 6.45) is 4.48. The van der Waals surface area contributed by atoms with Crippen molar-refractivity contribution in [1.29, 1.82) is 0 Å². The molecule has 9 aromatic heterocycles. The first-order valence-corrected chi connectivity index (χ1v) is 18.2. The fourth-order valence-electron chi connectivity index (χ4n) is 5.80. The fourth-order valence-corrected chi connectivity index (χ4v) is 5.91. The standard InChI is InChI=1S/2C11H12N6O3.C7H8N4O2.C4H5ClN2O/c2*1-6-13-14-7(20-6)4-17-10(18)8-9(12-5-15(8)2)16(3)11(17)19;1-10-3-8-5-4(10)6(12)9-7(13)11(5)2;1-3-6-7-4(2-5)8-3/h2*5H,4H2,1-3H3;3H,1-2H3,(H,9,12,13);2H2,1H3. The molecule has 0 saturated heterocycles. The molecule has 0 fully saturated rings. The van der Waals surface area contributed by atoms with Crippen LogP contribution in [-0.4, -0.2) is 87.1 Å². The SMILES string of the molecule is Cc1nnc(CCl)o1.Cc1nnc(Cn2c(=O)c3c(ncn3C)n(C)c2=O)o1.Cc1nnc(Cn2c(=O)c3c(ncn3C)n(C)c2=O)o1.Cn1cnc2c1c(=O)[nH]c(=O)n2C.